The molecule has 15 atom stereocenters. The second-order valence-corrected chi connectivity index (χ2v) is 21.1. The van der Waals surface area contributed by atoms with Crippen LogP contribution in [0.25, 0.3) is 0 Å². The molecule has 8 heterocycles. The molecule has 57 heavy (non-hydrogen) atoms. The molecule has 3 N–H and O–H groups in total. The van der Waals surface area contributed by atoms with Crippen LogP contribution in [0.2, 0.25) is 0 Å². The monoisotopic (exact) mass is 769 g/mol. The lowest BCUT2D eigenvalue weighted by Gasteiger charge is -2.72. The van der Waals surface area contributed by atoms with Crippen molar-refractivity contribution in [2.24, 2.45) is 63.9 Å². The van der Waals surface area contributed by atoms with Gasteiger partial charge in [0, 0.05) is 60.2 Å². The number of fused-ring (bicyclic) bond motifs is 4. The second-order valence-electron chi connectivity index (χ2n) is 21.1. The van der Waals surface area contributed by atoms with E-state index < -0.39 is 16.4 Å². The number of rotatable bonds is 3. The molecule has 10 bridgehead atoms. The zero-order valence-electron chi connectivity index (χ0n) is 34.0. The minimum atomic E-state index is -1.12. The van der Waals surface area contributed by atoms with Crippen molar-refractivity contribution in [1.82, 2.24) is 9.80 Å². The first-order valence-electron chi connectivity index (χ1n) is 23.1. The van der Waals surface area contributed by atoms with Gasteiger partial charge < -0.3 is 25.2 Å². The number of aliphatic hydroxyl groups is 1. The van der Waals surface area contributed by atoms with Crippen molar-refractivity contribution in [2.75, 3.05) is 19.6 Å². The topological polar surface area (TPSA) is 105 Å². The highest BCUT2D eigenvalue weighted by molar-refractivity contribution is 6.01. The van der Waals surface area contributed by atoms with E-state index in [1.807, 2.05) is 0 Å². The van der Waals surface area contributed by atoms with Gasteiger partial charge in [-0.3, -0.25) is 9.69 Å². The van der Waals surface area contributed by atoms with Crippen molar-refractivity contribution >= 4 is 11.9 Å². The van der Waals surface area contributed by atoms with Crippen LogP contribution in [-0.4, -0.2) is 64.6 Å². The Bertz CT molecular complexity index is 2200. The second kappa shape index (κ2) is 11.3. The van der Waals surface area contributed by atoms with Gasteiger partial charge >= 0.3 is 11.9 Å². The van der Waals surface area contributed by atoms with Crippen LogP contribution < -0.4 is 5.73 Å². The van der Waals surface area contributed by atoms with Crippen LogP contribution in [0.5, 0.6) is 0 Å². The van der Waals surface area contributed by atoms with Gasteiger partial charge in [-0.1, -0.05) is 49.3 Å². The van der Waals surface area contributed by atoms with Gasteiger partial charge in [0.15, 0.2) is 11.4 Å². The highest BCUT2D eigenvalue weighted by atomic mass is 16.6. The minimum absolute atomic E-state index is 0.113. The van der Waals surface area contributed by atoms with E-state index in [2.05, 4.69) is 54.8 Å². The average molecular weight is 770 g/mol. The number of nitrogens with zero attached hydrogens (tertiary/aromatic N) is 2. The lowest BCUT2D eigenvalue weighted by Crippen LogP contribution is -2.77. The maximum absolute atomic E-state index is 15.8. The van der Waals surface area contributed by atoms with Crippen LogP contribution in [0.15, 0.2) is 63.8 Å². The molecule has 8 heteroatoms. The van der Waals surface area contributed by atoms with Crippen molar-refractivity contribution in [1.29, 1.82) is 0 Å². The van der Waals surface area contributed by atoms with Crippen molar-refractivity contribution in [3.63, 3.8) is 0 Å². The van der Waals surface area contributed by atoms with Gasteiger partial charge in [0.05, 0.1) is 11.0 Å². The van der Waals surface area contributed by atoms with Crippen LogP contribution in [0.1, 0.15) is 119 Å². The summed E-state index contributed by atoms with van der Waals surface area (Å²) >= 11 is 0. The highest BCUT2D eigenvalue weighted by Crippen LogP contribution is 2.88. The Kier molecular flexibility index (Phi) is 6.82. The summed E-state index contributed by atoms with van der Waals surface area (Å²) in [5.41, 5.74) is 12.8. The van der Waals surface area contributed by atoms with E-state index >= 15 is 4.79 Å². The summed E-state index contributed by atoms with van der Waals surface area (Å²) in [5, 5.41) is 13.2. The van der Waals surface area contributed by atoms with Crippen LogP contribution >= 0.6 is 0 Å². The van der Waals surface area contributed by atoms with Crippen molar-refractivity contribution in [3.05, 3.63) is 80.5 Å². The van der Waals surface area contributed by atoms with Gasteiger partial charge in [0.1, 0.15) is 11.2 Å². The number of nitrogens with two attached hydrogens (primary N) is 1. The van der Waals surface area contributed by atoms with Gasteiger partial charge in [-0.2, -0.15) is 0 Å². The van der Waals surface area contributed by atoms with Gasteiger partial charge in [0.25, 0.3) is 0 Å². The molecule has 0 amide bonds. The molecule has 3 spiro atoms. The molecule has 5 aliphatic carbocycles. The summed E-state index contributed by atoms with van der Waals surface area (Å²) < 4.78 is 14.1. The van der Waals surface area contributed by atoms with E-state index in [-0.39, 0.29) is 41.5 Å². The number of hydrogen-bond donors (Lipinski definition) is 2. The molecule has 2 saturated carbocycles. The number of benzene rings is 1. The molecule has 0 radical (unpaired) electrons. The first-order valence-corrected chi connectivity index (χ1v) is 23.1. The summed E-state index contributed by atoms with van der Waals surface area (Å²) in [5.74, 6) is 2.51. The summed E-state index contributed by atoms with van der Waals surface area (Å²) in [4.78, 5) is 36.3. The Labute approximate surface area is 336 Å². The molecule has 1 unspecified atom stereocenters. The van der Waals surface area contributed by atoms with Crippen molar-refractivity contribution in [3.8, 4) is 0 Å². The van der Waals surface area contributed by atoms with Crippen LogP contribution in [0.4, 0.5) is 0 Å². The average Bonchev–Trinajstić information content (AvgIpc) is 3.66. The van der Waals surface area contributed by atoms with Crippen LogP contribution in [0.3, 0.4) is 0 Å². The summed E-state index contributed by atoms with van der Waals surface area (Å²) in [7, 11) is 0. The fraction of sp³-hybridized carbons (Fsp3) is 0.673. The predicted octanol–water partition coefficient (Wildman–Crippen LogP) is 7.85. The fourth-order valence-corrected chi connectivity index (χ4v) is 17.3. The molecule has 13 aliphatic rings. The first-order chi connectivity index (χ1) is 27.6. The highest BCUT2D eigenvalue weighted by Gasteiger charge is 2.94. The fourth-order valence-electron chi connectivity index (χ4n) is 17.3. The molecule has 14 rings (SSSR count). The summed E-state index contributed by atoms with van der Waals surface area (Å²) in [6.07, 6.45) is 15.2. The Morgan fingerprint density at radius 2 is 1.84 bits per heavy atom. The zero-order valence-corrected chi connectivity index (χ0v) is 34.0. The Hall–Kier alpha value is -3.36. The third-order valence-corrected chi connectivity index (χ3v) is 19.2. The zero-order chi connectivity index (χ0) is 38.5. The SMILES string of the molecule is C[C@H]1CCC2=C[C@@H]3[C@@H]4C5=C2[C@]26C(=O)O/C(=C(/O)[C@H]7CC[C@H]8[C@@H]9C[C@H](CN8[C@@H]7C)[C@@H]7CCC(=C4N7C9)C[C@H]3C)[C@@]2(CC5)[C@]2(OC(=O)c3c(CCCN)cccc32)[C@H]6C1. The lowest BCUT2D eigenvalue weighted by atomic mass is 9.28. The molecular formula is C49H59N3O5. The number of carbonyl (C=O) groups is 2. The van der Waals surface area contributed by atoms with E-state index in [4.69, 9.17) is 15.2 Å². The molecule has 6 fully saturated rings. The van der Waals surface area contributed by atoms with Gasteiger partial charge in [-0.25, -0.2) is 4.79 Å². The van der Waals surface area contributed by atoms with Gasteiger partial charge in [-0.05, 0) is 143 Å². The van der Waals surface area contributed by atoms with E-state index in [1.165, 1.54) is 42.4 Å². The van der Waals surface area contributed by atoms with Crippen LogP contribution in [0, 0.1) is 58.2 Å². The standard InChI is InChI=1S/C49H59N3O5/c1-24-9-10-28-21-34-25(2)19-29-11-13-37-30-20-31-23-52(37)42(29)40(34)33-15-16-47-44(43(53)32-12-14-36(31)51(22-30)26(32)3)56-46(55)48(47,41(28)33)38(18-24)49(47)35-8-4-6-27(7-5-17-50)39(35)45(54)57-49/h4,6,8,21,24-26,30-32,34,36-38,40,53H,5,7,9-20,22-23,50H2,1-3H3/b44-43+/t24-,25+,26+,30+,31+,32-,34-,36-,37-,38-,40-,47+,48+,49+/m0/s1. The predicted molar refractivity (Wildman–Crippen MR) is 214 cm³/mol. The van der Waals surface area contributed by atoms with E-state index in [9.17, 15) is 9.90 Å². The molecule has 1 aromatic carbocycles. The number of allylic oxidation sites excluding steroid dienone is 4. The molecule has 1 aromatic rings. The first kappa shape index (κ1) is 34.5. The maximum Gasteiger partial charge on any atom is 0.339 e. The Morgan fingerprint density at radius 3 is 2.70 bits per heavy atom. The molecule has 8 aliphatic heterocycles. The number of aliphatic hydroxyl groups excluding tert-OH is 1. The van der Waals surface area contributed by atoms with Crippen LogP contribution in [-0.2, 0) is 26.3 Å². The lowest BCUT2D eigenvalue weighted by molar-refractivity contribution is -0.279. The minimum Gasteiger partial charge on any atom is -0.508 e. The van der Waals surface area contributed by atoms with Gasteiger partial charge in [0.2, 0.25) is 0 Å². The largest absolute Gasteiger partial charge is 0.508 e. The number of esters is 2. The quantitative estimate of drug-likeness (QED) is 0.300. The Morgan fingerprint density at radius 1 is 0.982 bits per heavy atom. The molecule has 300 valence electrons. The normalized spacial score (nSPS) is 49.1. The molecule has 0 aromatic heterocycles. The number of carbonyl (C=O) groups excluding carboxylic acids is 2. The maximum atomic E-state index is 15.8. The third kappa shape index (κ3) is 3.71. The number of ether oxygens (including phenoxy) is 2. The van der Waals surface area contributed by atoms with E-state index in [1.54, 1.807) is 11.3 Å². The van der Waals surface area contributed by atoms with E-state index in [0.29, 0.717) is 72.4 Å². The smallest absolute Gasteiger partial charge is 0.339 e. The van der Waals surface area contributed by atoms with E-state index in [0.717, 1.165) is 69.2 Å². The third-order valence-electron chi connectivity index (χ3n) is 19.2. The van der Waals surface area contributed by atoms with Crippen molar-refractivity contribution in [2.45, 2.75) is 128 Å². The van der Waals surface area contributed by atoms with Crippen molar-refractivity contribution < 1.29 is 24.2 Å². The number of hydrogen-bond acceptors (Lipinski definition) is 8. The van der Waals surface area contributed by atoms with Gasteiger partial charge in [-0.15, -0.1) is 0 Å². The number of aryl methyl sites for hydroxylation is 1. The summed E-state index contributed by atoms with van der Waals surface area (Å²) in [6.45, 7) is 9.93. The molecule has 8 nitrogen and oxygen atoms in total. The number of piperidine rings is 3. The Balaban J connectivity index is 1.14. The molecule has 4 saturated heterocycles. The summed E-state index contributed by atoms with van der Waals surface area (Å²) in [6, 6.07) is 7.44. The molecular weight excluding hydrogens is 711 g/mol.